The van der Waals surface area contributed by atoms with Gasteiger partial charge in [0, 0.05) is 12.0 Å². The van der Waals surface area contributed by atoms with Crippen molar-refractivity contribution in [1.82, 2.24) is 0 Å². The first kappa shape index (κ1) is 19.6. The highest BCUT2D eigenvalue weighted by molar-refractivity contribution is 5.90. The van der Waals surface area contributed by atoms with E-state index in [-0.39, 0.29) is 30.9 Å². The predicted molar refractivity (Wildman–Crippen MR) is 95.6 cm³/mol. The molecule has 1 aliphatic heterocycles. The molecule has 0 bridgehead atoms. The predicted octanol–water partition coefficient (Wildman–Crippen LogP) is 3.83. The lowest BCUT2D eigenvalue weighted by Gasteiger charge is -2.34. The molecule has 2 rings (SSSR count). The van der Waals surface area contributed by atoms with Gasteiger partial charge in [0.1, 0.15) is 12.4 Å². The molecule has 0 N–H and O–H groups in total. The zero-order valence-corrected chi connectivity index (χ0v) is 15.1. The molecule has 1 aromatic rings. The first-order valence-corrected chi connectivity index (χ1v) is 8.89. The Morgan fingerprint density at radius 1 is 1.28 bits per heavy atom. The third kappa shape index (κ3) is 6.61. The number of benzene rings is 1. The normalized spacial score (nSPS) is 23.2. The van der Waals surface area contributed by atoms with Crippen molar-refractivity contribution < 1.29 is 23.7 Å². The number of carbonyl (C=O) groups excluding carboxylic acids is 1. The van der Waals surface area contributed by atoms with Crippen LogP contribution in [-0.2, 0) is 19.0 Å². The van der Waals surface area contributed by atoms with Gasteiger partial charge in [0.2, 0.25) is 0 Å². The average molecular weight is 348 g/mol. The Kier molecular flexibility index (Phi) is 8.12. The molecule has 1 aliphatic rings. The molecule has 3 unspecified atom stereocenters. The summed E-state index contributed by atoms with van der Waals surface area (Å²) in [5.74, 6) is 0.685. The minimum absolute atomic E-state index is 0.0801. The standard InChI is InChI=1S/C20H28O5/c1-4-17(21)14-22-11-6-12-23-19-9-7-16(8-10-19)20-24-15(3)13-18(5-2)25-20/h4,7-10,15,18,20H,1,5-6,11-14H2,2-3H3. The summed E-state index contributed by atoms with van der Waals surface area (Å²) in [4.78, 5) is 11.0. The van der Waals surface area contributed by atoms with Gasteiger partial charge in [-0.3, -0.25) is 4.79 Å². The molecule has 0 aliphatic carbocycles. The summed E-state index contributed by atoms with van der Waals surface area (Å²) in [7, 11) is 0. The van der Waals surface area contributed by atoms with Crippen LogP contribution in [0.1, 0.15) is 45.0 Å². The molecule has 0 saturated carbocycles. The summed E-state index contributed by atoms with van der Waals surface area (Å²) in [6.07, 6.45) is 4.06. The highest BCUT2D eigenvalue weighted by Gasteiger charge is 2.27. The van der Waals surface area contributed by atoms with Gasteiger partial charge >= 0.3 is 0 Å². The van der Waals surface area contributed by atoms with E-state index in [4.69, 9.17) is 18.9 Å². The number of ether oxygens (including phenoxy) is 4. The van der Waals surface area contributed by atoms with Crippen molar-refractivity contribution in [2.24, 2.45) is 0 Å². The van der Waals surface area contributed by atoms with Gasteiger partial charge in [-0.2, -0.15) is 0 Å². The lowest BCUT2D eigenvalue weighted by Crippen LogP contribution is -2.31. The molecule has 138 valence electrons. The molecule has 1 heterocycles. The molecule has 0 spiro atoms. The van der Waals surface area contributed by atoms with Crippen molar-refractivity contribution >= 4 is 5.78 Å². The summed E-state index contributed by atoms with van der Waals surface area (Å²) in [6, 6.07) is 7.79. The summed E-state index contributed by atoms with van der Waals surface area (Å²) in [5.41, 5.74) is 1.00. The third-order valence-corrected chi connectivity index (χ3v) is 4.05. The van der Waals surface area contributed by atoms with Crippen LogP contribution in [0.4, 0.5) is 0 Å². The van der Waals surface area contributed by atoms with Gasteiger partial charge in [0.15, 0.2) is 12.1 Å². The first-order valence-electron chi connectivity index (χ1n) is 8.89. The van der Waals surface area contributed by atoms with Gasteiger partial charge in [-0.1, -0.05) is 25.6 Å². The number of hydrogen-bond donors (Lipinski definition) is 0. The van der Waals surface area contributed by atoms with E-state index in [9.17, 15) is 4.79 Å². The monoisotopic (exact) mass is 348 g/mol. The van der Waals surface area contributed by atoms with Gasteiger partial charge in [0.25, 0.3) is 0 Å². The molecule has 1 saturated heterocycles. The Morgan fingerprint density at radius 2 is 2.04 bits per heavy atom. The molecule has 5 nitrogen and oxygen atoms in total. The Bertz CT molecular complexity index is 540. The SMILES string of the molecule is C=CC(=O)COCCCOc1ccc(C2OC(C)CC(CC)O2)cc1. The molecule has 3 atom stereocenters. The van der Waals surface area contributed by atoms with Crippen LogP contribution in [0.2, 0.25) is 0 Å². The Hall–Kier alpha value is -1.69. The van der Waals surface area contributed by atoms with E-state index in [1.54, 1.807) is 0 Å². The van der Waals surface area contributed by atoms with Crippen LogP contribution in [0.15, 0.2) is 36.9 Å². The van der Waals surface area contributed by atoms with E-state index in [0.29, 0.717) is 13.2 Å². The second-order valence-electron chi connectivity index (χ2n) is 6.17. The van der Waals surface area contributed by atoms with Crippen LogP contribution in [0.5, 0.6) is 5.75 Å². The number of ketones is 1. The van der Waals surface area contributed by atoms with E-state index in [0.717, 1.165) is 30.6 Å². The average Bonchev–Trinajstić information content (AvgIpc) is 2.64. The first-order chi connectivity index (χ1) is 12.1. The molecule has 0 aromatic heterocycles. The molecule has 25 heavy (non-hydrogen) atoms. The topological polar surface area (TPSA) is 54.0 Å². The maximum Gasteiger partial charge on any atom is 0.184 e. The minimum Gasteiger partial charge on any atom is -0.494 e. The fourth-order valence-corrected chi connectivity index (χ4v) is 2.62. The van der Waals surface area contributed by atoms with E-state index in [2.05, 4.69) is 20.4 Å². The van der Waals surface area contributed by atoms with E-state index in [1.165, 1.54) is 6.08 Å². The van der Waals surface area contributed by atoms with Crippen molar-refractivity contribution in [2.75, 3.05) is 19.8 Å². The maximum absolute atomic E-state index is 11.0. The van der Waals surface area contributed by atoms with Crippen molar-refractivity contribution in [3.05, 3.63) is 42.5 Å². The van der Waals surface area contributed by atoms with E-state index >= 15 is 0 Å². The quantitative estimate of drug-likeness (QED) is 0.475. The Labute approximate surface area is 149 Å². The maximum atomic E-state index is 11.0. The Morgan fingerprint density at radius 3 is 2.72 bits per heavy atom. The summed E-state index contributed by atoms with van der Waals surface area (Å²) in [6.45, 7) is 8.71. The molecule has 1 fully saturated rings. The molecular weight excluding hydrogens is 320 g/mol. The van der Waals surface area contributed by atoms with E-state index < -0.39 is 0 Å². The second-order valence-corrected chi connectivity index (χ2v) is 6.17. The number of hydrogen-bond acceptors (Lipinski definition) is 5. The van der Waals surface area contributed by atoms with Gasteiger partial charge < -0.3 is 18.9 Å². The zero-order chi connectivity index (χ0) is 18.1. The fraction of sp³-hybridized carbons (Fsp3) is 0.550. The van der Waals surface area contributed by atoms with Gasteiger partial charge in [-0.25, -0.2) is 0 Å². The van der Waals surface area contributed by atoms with Crippen LogP contribution in [0.3, 0.4) is 0 Å². The summed E-state index contributed by atoms with van der Waals surface area (Å²) >= 11 is 0. The number of carbonyl (C=O) groups is 1. The summed E-state index contributed by atoms with van der Waals surface area (Å²) in [5, 5.41) is 0. The van der Waals surface area contributed by atoms with Gasteiger partial charge in [-0.15, -0.1) is 0 Å². The molecule has 0 amide bonds. The molecule has 0 radical (unpaired) electrons. The smallest absolute Gasteiger partial charge is 0.184 e. The Balaban J connectivity index is 1.72. The lowest BCUT2D eigenvalue weighted by molar-refractivity contribution is -0.243. The fourth-order valence-electron chi connectivity index (χ4n) is 2.62. The van der Waals surface area contributed by atoms with Crippen LogP contribution < -0.4 is 4.74 Å². The van der Waals surface area contributed by atoms with Crippen LogP contribution >= 0.6 is 0 Å². The number of rotatable bonds is 10. The van der Waals surface area contributed by atoms with Crippen molar-refractivity contribution in [3.8, 4) is 5.75 Å². The molecule has 1 aromatic carbocycles. The lowest BCUT2D eigenvalue weighted by atomic mass is 10.1. The van der Waals surface area contributed by atoms with Crippen molar-refractivity contribution in [3.63, 3.8) is 0 Å². The van der Waals surface area contributed by atoms with Gasteiger partial charge in [0.05, 0.1) is 25.4 Å². The van der Waals surface area contributed by atoms with Crippen molar-refractivity contribution in [1.29, 1.82) is 0 Å². The minimum atomic E-state index is -0.307. The largest absolute Gasteiger partial charge is 0.494 e. The van der Waals surface area contributed by atoms with Crippen molar-refractivity contribution in [2.45, 2.75) is 51.6 Å². The van der Waals surface area contributed by atoms with Gasteiger partial charge in [-0.05, 0) is 38.0 Å². The van der Waals surface area contributed by atoms with E-state index in [1.807, 2.05) is 24.3 Å². The zero-order valence-electron chi connectivity index (χ0n) is 15.1. The highest BCUT2D eigenvalue weighted by Crippen LogP contribution is 2.31. The highest BCUT2D eigenvalue weighted by atomic mass is 16.7. The third-order valence-electron chi connectivity index (χ3n) is 4.05. The van der Waals surface area contributed by atoms with Crippen LogP contribution in [0, 0.1) is 0 Å². The van der Waals surface area contributed by atoms with Crippen LogP contribution in [-0.4, -0.2) is 37.8 Å². The molecular formula is C20H28O5. The molecule has 5 heteroatoms. The van der Waals surface area contributed by atoms with Crippen LogP contribution in [0.25, 0.3) is 0 Å². The summed E-state index contributed by atoms with van der Waals surface area (Å²) < 4.78 is 22.8. The second kappa shape index (κ2) is 10.3.